The maximum Gasteiger partial charge on any atom is 0.287 e. The lowest BCUT2D eigenvalue weighted by molar-refractivity contribution is -0.384. The Bertz CT molecular complexity index is 525. The molecule has 1 aliphatic heterocycles. The van der Waals surface area contributed by atoms with Crippen LogP contribution in [0, 0.1) is 22.0 Å². The molecule has 108 valence electrons. The number of amides is 1. The van der Waals surface area contributed by atoms with E-state index in [9.17, 15) is 14.9 Å². The molecule has 2 atom stereocenters. The average molecular weight is 277 g/mol. The van der Waals surface area contributed by atoms with Gasteiger partial charge in [-0.2, -0.15) is 0 Å². The molecule has 0 unspecified atom stereocenters. The second-order valence-electron chi connectivity index (χ2n) is 5.87. The Morgan fingerprint density at radius 1 is 1.30 bits per heavy atom. The molecule has 3 rings (SSSR count). The second kappa shape index (κ2) is 5.26. The predicted octanol–water partition coefficient (Wildman–Crippen LogP) is 2.58. The van der Waals surface area contributed by atoms with Crippen LogP contribution < -0.4 is 0 Å². The van der Waals surface area contributed by atoms with Gasteiger partial charge in [0.05, 0.1) is 11.1 Å². The Balaban J connectivity index is 1.69. The number of carbonyl (C=O) groups is 1. The molecule has 2 aliphatic rings. The Labute approximate surface area is 117 Å². The second-order valence-corrected chi connectivity index (χ2v) is 5.87. The number of aromatic nitrogens is 1. The van der Waals surface area contributed by atoms with Crippen molar-refractivity contribution in [2.75, 3.05) is 13.1 Å². The molecule has 0 spiro atoms. The van der Waals surface area contributed by atoms with Gasteiger partial charge in [0.15, 0.2) is 0 Å². The van der Waals surface area contributed by atoms with Gasteiger partial charge in [-0.05, 0) is 24.7 Å². The maximum absolute atomic E-state index is 12.4. The largest absolute Gasteiger partial charge is 0.351 e. The Kier molecular flexibility index (Phi) is 3.46. The lowest BCUT2D eigenvalue weighted by Gasteiger charge is -2.41. The number of likely N-dealkylation sites (tertiary alicyclic amines) is 1. The predicted molar refractivity (Wildman–Crippen MR) is 73.4 cm³/mol. The summed E-state index contributed by atoms with van der Waals surface area (Å²) in [5, 5.41) is 10.7. The molecule has 1 aliphatic carbocycles. The van der Waals surface area contributed by atoms with Gasteiger partial charge in [-0.3, -0.25) is 14.9 Å². The maximum atomic E-state index is 12.4. The summed E-state index contributed by atoms with van der Waals surface area (Å²) in [4.78, 5) is 27.1. The highest BCUT2D eigenvalue weighted by Gasteiger charge is 2.33. The van der Waals surface area contributed by atoms with Gasteiger partial charge in [0.25, 0.3) is 11.6 Å². The van der Waals surface area contributed by atoms with Crippen LogP contribution in [0.4, 0.5) is 5.69 Å². The van der Waals surface area contributed by atoms with Gasteiger partial charge in [-0.15, -0.1) is 0 Å². The molecule has 2 fully saturated rings. The molecule has 20 heavy (non-hydrogen) atoms. The van der Waals surface area contributed by atoms with E-state index in [1.807, 2.05) is 4.90 Å². The molecule has 0 aromatic carbocycles. The smallest absolute Gasteiger partial charge is 0.287 e. The van der Waals surface area contributed by atoms with Crippen LogP contribution in [0.15, 0.2) is 12.3 Å². The van der Waals surface area contributed by atoms with Crippen LogP contribution in [0.1, 0.15) is 42.6 Å². The first-order chi connectivity index (χ1) is 9.65. The molecule has 1 amide bonds. The highest BCUT2D eigenvalue weighted by molar-refractivity contribution is 5.93. The summed E-state index contributed by atoms with van der Waals surface area (Å²) in [5.41, 5.74) is 0.270. The first-order valence-corrected chi connectivity index (χ1v) is 7.27. The van der Waals surface area contributed by atoms with Gasteiger partial charge in [0.1, 0.15) is 5.69 Å². The SMILES string of the molecule is O=C(c1cc([N+](=O)[O-])c[nH]1)N1CC[C@@H]2CCCC[C@H]2C1. The fourth-order valence-corrected chi connectivity index (χ4v) is 3.57. The van der Waals surface area contributed by atoms with E-state index in [1.54, 1.807) is 0 Å². The van der Waals surface area contributed by atoms with Crippen molar-refractivity contribution in [1.29, 1.82) is 0 Å². The molecule has 0 radical (unpaired) electrons. The minimum atomic E-state index is -0.485. The summed E-state index contributed by atoms with van der Waals surface area (Å²) in [6, 6.07) is 1.33. The molecular weight excluding hydrogens is 258 g/mol. The van der Waals surface area contributed by atoms with Crippen molar-refractivity contribution in [2.24, 2.45) is 11.8 Å². The van der Waals surface area contributed by atoms with E-state index in [0.29, 0.717) is 11.6 Å². The summed E-state index contributed by atoms with van der Waals surface area (Å²) in [6.45, 7) is 1.57. The lowest BCUT2D eigenvalue weighted by Crippen LogP contribution is -2.44. The first-order valence-electron chi connectivity index (χ1n) is 7.27. The zero-order chi connectivity index (χ0) is 14.1. The molecule has 1 saturated heterocycles. The number of carbonyl (C=O) groups excluding carboxylic acids is 1. The van der Waals surface area contributed by atoms with E-state index in [0.717, 1.165) is 25.4 Å². The first kappa shape index (κ1) is 13.1. The van der Waals surface area contributed by atoms with Gasteiger partial charge in [-0.1, -0.05) is 19.3 Å². The van der Waals surface area contributed by atoms with Crippen LogP contribution >= 0.6 is 0 Å². The van der Waals surface area contributed by atoms with E-state index in [1.165, 1.54) is 37.9 Å². The van der Waals surface area contributed by atoms with E-state index < -0.39 is 4.92 Å². The van der Waals surface area contributed by atoms with Gasteiger partial charge in [0.2, 0.25) is 0 Å². The van der Waals surface area contributed by atoms with E-state index in [4.69, 9.17) is 0 Å². The Morgan fingerprint density at radius 2 is 2.05 bits per heavy atom. The number of hydrogen-bond donors (Lipinski definition) is 1. The average Bonchev–Trinajstić information content (AvgIpc) is 2.96. The summed E-state index contributed by atoms with van der Waals surface area (Å²) in [5.74, 6) is 1.28. The lowest BCUT2D eigenvalue weighted by atomic mass is 9.75. The third-order valence-electron chi connectivity index (χ3n) is 4.69. The number of H-pyrrole nitrogens is 1. The highest BCUT2D eigenvalue weighted by atomic mass is 16.6. The molecule has 2 heterocycles. The zero-order valence-electron chi connectivity index (χ0n) is 11.4. The van der Waals surface area contributed by atoms with Crippen molar-refractivity contribution in [3.63, 3.8) is 0 Å². The summed E-state index contributed by atoms with van der Waals surface area (Å²) in [7, 11) is 0. The van der Waals surface area contributed by atoms with Gasteiger partial charge < -0.3 is 9.88 Å². The van der Waals surface area contributed by atoms with E-state index >= 15 is 0 Å². The van der Waals surface area contributed by atoms with Crippen molar-refractivity contribution < 1.29 is 9.72 Å². The third-order valence-corrected chi connectivity index (χ3v) is 4.69. The van der Waals surface area contributed by atoms with Crippen LogP contribution in [-0.2, 0) is 0 Å². The number of rotatable bonds is 2. The molecule has 1 aromatic rings. The molecule has 1 saturated carbocycles. The monoisotopic (exact) mass is 277 g/mol. The number of nitrogens with zero attached hydrogens (tertiary/aromatic N) is 2. The number of nitrogens with one attached hydrogen (secondary N) is 1. The minimum absolute atomic E-state index is 0.0547. The van der Waals surface area contributed by atoms with E-state index in [-0.39, 0.29) is 11.6 Å². The van der Waals surface area contributed by atoms with Crippen LogP contribution in [0.5, 0.6) is 0 Å². The number of hydrogen-bond acceptors (Lipinski definition) is 3. The van der Waals surface area contributed by atoms with Crippen molar-refractivity contribution in [3.8, 4) is 0 Å². The van der Waals surface area contributed by atoms with Gasteiger partial charge in [-0.25, -0.2) is 0 Å². The van der Waals surface area contributed by atoms with Crippen LogP contribution in [0.2, 0.25) is 0 Å². The number of fused-ring (bicyclic) bond motifs is 1. The molecule has 1 aromatic heterocycles. The fraction of sp³-hybridized carbons (Fsp3) is 0.643. The third kappa shape index (κ3) is 2.42. The Hall–Kier alpha value is -1.85. The van der Waals surface area contributed by atoms with E-state index in [2.05, 4.69) is 4.98 Å². The zero-order valence-corrected chi connectivity index (χ0v) is 11.4. The highest BCUT2D eigenvalue weighted by Crippen LogP contribution is 2.36. The normalized spacial score (nSPS) is 26.1. The summed E-state index contributed by atoms with van der Waals surface area (Å²) in [6.07, 6.45) is 7.43. The van der Waals surface area contributed by atoms with Crippen molar-refractivity contribution in [1.82, 2.24) is 9.88 Å². The van der Waals surface area contributed by atoms with Crippen molar-refractivity contribution >= 4 is 11.6 Å². The van der Waals surface area contributed by atoms with Gasteiger partial charge >= 0.3 is 0 Å². The number of aromatic amines is 1. The van der Waals surface area contributed by atoms with Gasteiger partial charge in [0, 0.05) is 19.2 Å². The van der Waals surface area contributed by atoms with Crippen LogP contribution in [0.3, 0.4) is 0 Å². The molecule has 0 bridgehead atoms. The fourth-order valence-electron chi connectivity index (χ4n) is 3.57. The summed E-state index contributed by atoms with van der Waals surface area (Å²) >= 11 is 0. The van der Waals surface area contributed by atoms with Crippen LogP contribution in [0.25, 0.3) is 0 Å². The molecule has 6 nitrogen and oxygen atoms in total. The molecule has 6 heteroatoms. The molecular formula is C14H19N3O3. The van der Waals surface area contributed by atoms with Crippen molar-refractivity contribution in [2.45, 2.75) is 32.1 Å². The number of nitro groups is 1. The van der Waals surface area contributed by atoms with Crippen molar-refractivity contribution in [3.05, 3.63) is 28.1 Å². The summed E-state index contributed by atoms with van der Waals surface area (Å²) < 4.78 is 0. The Morgan fingerprint density at radius 3 is 2.75 bits per heavy atom. The topological polar surface area (TPSA) is 79.2 Å². The standard InChI is InChI=1S/C14H19N3O3/c18-14(13-7-12(8-15-13)17(19)20)16-6-5-10-3-1-2-4-11(10)9-16/h7-8,10-11,15H,1-6,9H2/t10-,11-/m0/s1. The number of piperidine rings is 1. The quantitative estimate of drug-likeness (QED) is 0.666. The van der Waals surface area contributed by atoms with Crippen LogP contribution in [-0.4, -0.2) is 33.8 Å². The minimum Gasteiger partial charge on any atom is -0.351 e. The molecule has 1 N–H and O–H groups in total.